The monoisotopic (exact) mass is 590 g/mol. The first-order valence-corrected chi connectivity index (χ1v) is 15.5. The molecule has 1 fully saturated rings. The lowest BCUT2D eigenvalue weighted by atomic mass is 9.98. The fourth-order valence-corrected chi connectivity index (χ4v) is 6.65. The largest absolute Gasteiger partial charge is 0.283 e. The lowest BCUT2D eigenvalue weighted by Crippen LogP contribution is -2.29. The van der Waals surface area contributed by atoms with E-state index in [0.717, 1.165) is 45.4 Å². The van der Waals surface area contributed by atoms with Crippen molar-refractivity contribution in [2.24, 2.45) is 10.1 Å². The molecule has 1 saturated heterocycles. The number of anilines is 1. The van der Waals surface area contributed by atoms with Crippen molar-refractivity contribution in [1.29, 1.82) is 0 Å². The third-order valence-electron chi connectivity index (χ3n) is 7.84. The standard InChI is InChI=1S/C38H30N4OS/c1-2-24-41-37(43)36(44-38(41)39-33-19-11-17-28-12-9-10-18-32(28)33)25-27-20-22-31(23-21-27)42-35(30-15-7-4-8-16-30)26-34(40-42)29-13-5-3-6-14-29/h2-23,25,35H,1,24,26H2. The molecule has 5 nitrogen and oxygen atoms in total. The van der Waals surface area contributed by atoms with Gasteiger partial charge in [0.15, 0.2) is 5.17 Å². The van der Waals surface area contributed by atoms with Gasteiger partial charge >= 0.3 is 0 Å². The predicted molar refractivity (Wildman–Crippen MR) is 184 cm³/mol. The molecule has 0 aromatic heterocycles. The highest BCUT2D eigenvalue weighted by atomic mass is 32.2. The van der Waals surface area contributed by atoms with Crippen LogP contribution in [0, 0.1) is 0 Å². The molecule has 1 amide bonds. The van der Waals surface area contributed by atoms with Crippen LogP contribution in [0.2, 0.25) is 0 Å². The van der Waals surface area contributed by atoms with Crippen LogP contribution in [0.25, 0.3) is 16.8 Å². The molecule has 7 rings (SSSR count). The molecule has 5 aromatic carbocycles. The van der Waals surface area contributed by atoms with Gasteiger partial charge in [0.2, 0.25) is 0 Å². The molecule has 0 bridgehead atoms. The molecule has 0 aliphatic carbocycles. The van der Waals surface area contributed by atoms with Crippen LogP contribution in [0.4, 0.5) is 11.4 Å². The number of amidine groups is 1. The summed E-state index contributed by atoms with van der Waals surface area (Å²) in [6.45, 7) is 4.26. The van der Waals surface area contributed by atoms with Gasteiger partial charge in [0.1, 0.15) is 0 Å². The van der Waals surface area contributed by atoms with Crippen molar-refractivity contribution >= 4 is 56.8 Å². The molecule has 1 unspecified atom stereocenters. The van der Waals surface area contributed by atoms with Gasteiger partial charge in [-0.15, -0.1) is 6.58 Å². The van der Waals surface area contributed by atoms with Crippen molar-refractivity contribution in [3.8, 4) is 0 Å². The molecule has 0 spiro atoms. The number of rotatable bonds is 7. The van der Waals surface area contributed by atoms with Gasteiger partial charge in [0.05, 0.1) is 28.0 Å². The van der Waals surface area contributed by atoms with Gasteiger partial charge in [-0.25, -0.2) is 4.99 Å². The molecule has 5 aromatic rings. The number of hydrazone groups is 1. The first-order valence-electron chi connectivity index (χ1n) is 14.6. The molecule has 1 atom stereocenters. The van der Waals surface area contributed by atoms with Crippen LogP contribution in [0.1, 0.15) is 29.2 Å². The Kier molecular flexibility index (Phi) is 7.65. The molecule has 2 aliphatic heterocycles. The molecule has 2 aliphatic rings. The number of nitrogens with zero attached hydrogens (tertiary/aromatic N) is 4. The zero-order valence-corrected chi connectivity index (χ0v) is 24.9. The van der Waals surface area contributed by atoms with Crippen molar-refractivity contribution < 1.29 is 4.79 Å². The van der Waals surface area contributed by atoms with Gasteiger partial charge in [-0.05, 0) is 58.1 Å². The predicted octanol–water partition coefficient (Wildman–Crippen LogP) is 8.99. The van der Waals surface area contributed by atoms with Crippen LogP contribution in [0.15, 0.2) is 155 Å². The third-order valence-corrected chi connectivity index (χ3v) is 8.85. The Balaban J connectivity index is 1.18. The molecule has 2 heterocycles. The lowest BCUT2D eigenvalue weighted by Gasteiger charge is -2.24. The van der Waals surface area contributed by atoms with Gasteiger partial charge in [0.25, 0.3) is 5.91 Å². The summed E-state index contributed by atoms with van der Waals surface area (Å²) >= 11 is 1.40. The maximum Gasteiger partial charge on any atom is 0.267 e. The average molecular weight is 591 g/mol. The van der Waals surface area contributed by atoms with Gasteiger partial charge in [-0.1, -0.05) is 115 Å². The molecule has 0 radical (unpaired) electrons. The van der Waals surface area contributed by atoms with Crippen LogP contribution >= 0.6 is 11.8 Å². The fourth-order valence-electron chi connectivity index (χ4n) is 5.65. The zero-order chi connectivity index (χ0) is 29.9. The Bertz CT molecular complexity index is 1930. The smallest absolute Gasteiger partial charge is 0.267 e. The number of aliphatic imine (C=N–C) groups is 1. The Hall–Kier alpha value is -5.20. The van der Waals surface area contributed by atoms with E-state index < -0.39 is 0 Å². The number of fused-ring (bicyclic) bond motifs is 1. The van der Waals surface area contributed by atoms with E-state index in [-0.39, 0.29) is 11.9 Å². The number of carbonyl (C=O) groups excluding carboxylic acids is 1. The van der Waals surface area contributed by atoms with E-state index >= 15 is 0 Å². The van der Waals surface area contributed by atoms with Crippen LogP contribution in [0.3, 0.4) is 0 Å². The number of thioether (sulfide) groups is 1. The van der Waals surface area contributed by atoms with Crippen LogP contribution < -0.4 is 5.01 Å². The zero-order valence-electron chi connectivity index (χ0n) is 24.1. The summed E-state index contributed by atoms with van der Waals surface area (Å²) < 4.78 is 0. The minimum Gasteiger partial charge on any atom is -0.283 e. The normalized spacial score (nSPS) is 18.4. The van der Waals surface area contributed by atoms with Crippen LogP contribution in [0.5, 0.6) is 0 Å². The van der Waals surface area contributed by atoms with Crippen LogP contribution in [-0.2, 0) is 4.79 Å². The van der Waals surface area contributed by atoms with E-state index in [0.29, 0.717) is 16.6 Å². The van der Waals surface area contributed by atoms with Gasteiger partial charge in [0, 0.05) is 18.4 Å². The Morgan fingerprint density at radius 1 is 0.841 bits per heavy atom. The van der Waals surface area contributed by atoms with E-state index in [1.807, 2.05) is 54.6 Å². The van der Waals surface area contributed by atoms with E-state index in [1.165, 1.54) is 17.3 Å². The van der Waals surface area contributed by atoms with Crippen molar-refractivity contribution in [1.82, 2.24) is 4.90 Å². The third kappa shape index (κ3) is 5.48. The van der Waals surface area contributed by atoms with E-state index in [4.69, 9.17) is 10.1 Å². The summed E-state index contributed by atoms with van der Waals surface area (Å²) in [5.41, 5.74) is 6.22. The lowest BCUT2D eigenvalue weighted by molar-refractivity contribution is -0.121. The molecule has 0 N–H and O–H groups in total. The highest BCUT2D eigenvalue weighted by Gasteiger charge is 2.33. The molecular weight excluding hydrogens is 561 g/mol. The van der Waals surface area contributed by atoms with Gasteiger partial charge in [-0.3, -0.25) is 14.7 Å². The molecular formula is C38H30N4OS. The minimum absolute atomic E-state index is 0.0706. The van der Waals surface area contributed by atoms with Crippen molar-refractivity contribution in [3.05, 3.63) is 162 Å². The van der Waals surface area contributed by atoms with E-state index in [9.17, 15) is 4.79 Å². The van der Waals surface area contributed by atoms with Gasteiger partial charge in [-0.2, -0.15) is 5.10 Å². The Morgan fingerprint density at radius 3 is 2.32 bits per heavy atom. The van der Waals surface area contributed by atoms with E-state index in [2.05, 4.69) is 90.5 Å². The van der Waals surface area contributed by atoms with Crippen LogP contribution in [-0.4, -0.2) is 28.2 Å². The number of carbonyl (C=O) groups is 1. The second-order valence-corrected chi connectivity index (χ2v) is 11.7. The summed E-state index contributed by atoms with van der Waals surface area (Å²) in [7, 11) is 0. The Labute approximate surface area is 261 Å². The molecule has 44 heavy (non-hydrogen) atoms. The van der Waals surface area contributed by atoms with Crippen molar-refractivity contribution in [2.75, 3.05) is 11.6 Å². The maximum atomic E-state index is 13.5. The highest BCUT2D eigenvalue weighted by molar-refractivity contribution is 8.18. The second kappa shape index (κ2) is 12.2. The van der Waals surface area contributed by atoms with E-state index in [1.54, 1.807) is 11.0 Å². The molecule has 0 saturated carbocycles. The number of hydrogen-bond donors (Lipinski definition) is 0. The first-order chi connectivity index (χ1) is 21.7. The van der Waals surface area contributed by atoms with Crippen molar-refractivity contribution in [2.45, 2.75) is 12.5 Å². The Morgan fingerprint density at radius 2 is 1.55 bits per heavy atom. The molecule has 6 heteroatoms. The summed E-state index contributed by atoms with van der Waals surface area (Å²) in [6.07, 6.45) is 4.50. The SMILES string of the molecule is C=CCN1C(=O)C(=Cc2ccc(N3N=C(c4ccccc4)CC3c3ccccc3)cc2)SC1=Nc1cccc2ccccc12. The molecule has 214 valence electrons. The quantitative estimate of drug-likeness (QED) is 0.140. The topological polar surface area (TPSA) is 48.3 Å². The van der Waals surface area contributed by atoms with Crippen molar-refractivity contribution in [3.63, 3.8) is 0 Å². The number of benzene rings is 5. The summed E-state index contributed by atoms with van der Waals surface area (Å²) in [5, 5.41) is 10.0. The average Bonchev–Trinajstić information content (AvgIpc) is 3.64. The maximum absolute atomic E-state index is 13.5. The summed E-state index contributed by atoms with van der Waals surface area (Å²) in [6, 6.07) is 43.4. The number of amides is 1. The summed E-state index contributed by atoms with van der Waals surface area (Å²) in [4.78, 5) is 20.8. The minimum atomic E-state index is -0.0706. The highest BCUT2D eigenvalue weighted by Crippen LogP contribution is 2.38. The summed E-state index contributed by atoms with van der Waals surface area (Å²) in [5.74, 6) is -0.0706. The fraction of sp³-hybridized carbons (Fsp3) is 0.0789. The first kappa shape index (κ1) is 27.6. The number of hydrogen-bond acceptors (Lipinski definition) is 5. The second-order valence-electron chi connectivity index (χ2n) is 10.7. The van der Waals surface area contributed by atoms with Gasteiger partial charge < -0.3 is 0 Å².